The molecule has 1 fully saturated rings. The number of hydrogen-bond donors (Lipinski definition) is 1. The molecule has 2 heterocycles. The zero-order valence-corrected chi connectivity index (χ0v) is 16.0. The van der Waals surface area contributed by atoms with E-state index in [1.165, 1.54) is 6.08 Å². The summed E-state index contributed by atoms with van der Waals surface area (Å²) < 4.78 is 1.97. The Hall–Kier alpha value is -3.93. The molecule has 0 spiro atoms. The lowest BCUT2D eigenvalue weighted by molar-refractivity contribution is -0.122. The average Bonchev–Trinajstić information content (AvgIpc) is 3.06. The molecule has 6 heteroatoms. The summed E-state index contributed by atoms with van der Waals surface area (Å²) in [5, 5.41) is 2.25. The number of rotatable bonds is 3. The first-order valence-electron chi connectivity index (χ1n) is 9.16. The summed E-state index contributed by atoms with van der Waals surface area (Å²) >= 11 is 0. The van der Waals surface area contributed by atoms with Crippen molar-refractivity contribution in [3.05, 3.63) is 89.3 Å². The maximum atomic E-state index is 13.0. The summed E-state index contributed by atoms with van der Waals surface area (Å²) in [4.78, 5) is 38.7. The van der Waals surface area contributed by atoms with E-state index in [1.807, 2.05) is 67.1 Å². The number of barbiturate groups is 1. The molecule has 4 amide bonds. The van der Waals surface area contributed by atoms with Crippen molar-refractivity contribution < 1.29 is 14.4 Å². The van der Waals surface area contributed by atoms with Crippen molar-refractivity contribution in [3.63, 3.8) is 0 Å². The zero-order valence-electron chi connectivity index (χ0n) is 16.0. The molecule has 0 bridgehead atoms. The molecular weight excluding hydrogens is 366 g/mol. The molecule has 0 unspecified atom stereocenters. The Bertz CT molecular complexity index is 1160. The number of anilines is 1. The van der Waals surface area contributed by atoms with Gasteiger partial charge in [0.05, 0.1) is 5.69 Å². The first-order chi connectivity index (χ1) is 13.9. The molecule has 0 saturated carbocycles. The van der Waals surface area contributed by atoms with Gasteiger partial charge in [-0.15, -0.1) is 0 Å². The number of carbonyl (C=O) groups is 3. The molecule has 6 nitrogen and oxygen atoms in total. The lowest BCUT2D eigenvalue weighted by atomic mass is 10.1. The first-order valence-corrected chi connectivity index (χ1v) is 9.16. The van der Waals surface area contributed by atoms with Gasteiger partial charge in [0.15, 0.2) is 0 Å². The van der Waals surface area contributed by atoms with Gasteiger partial charge in [0.25, 0.3) is 11.8 Å². The van der Waals surface area contributed by atoms with Crippen molar-refractivity contribution >= 4 is 29.6 Å². The number of hydrogen-bond acceptors (Lipinski definition) is 3. The molecule has 1 aliphatic heterocycles. The number of amides is 4. The zero-order chi connectivity index (χ0) is 20.5. The van der Waals surface area contributed by atoms with E-state index in [2.05, 4.69) is 5.32 Å². The van der Waals surface area contributed by atoms with Gasteiger partial charge >= 0.3 is 6.03 Å². The van der Waals surface area contributed by atoms with Crippen LogP contribution in [0.25, 0.3) is 11.8 Å². The molecule has 29 heavy (non-hydrogen) atoms. The summed E-state index contributed by atoms with van der Waals surface area (Å²) in [6.45, 7) is 3.81. The minimum Gasteiger partial charge on any atom is -0.321 e. The molecule has 1 aromatic heterocycles. The van der Waals surface area contributed by atoms with Gasteiger partial charge in [0, 0.05) is 17.6 Å². The van der Waals surface area contributed by atoms with Crippen LogP contribution in [0.5, 0.6) is 0 Å². The number of nitrogens with one attached hydrogen (secondary N) is 1. The van der Waals surface area contributed by atoms with E-state index in [0.717, 1.165) is 21.8 Å². The van der Waals surface area contributed by atoms with Crippen molar-refractivity contribution in [3.8, 4) is 5.69 Å². The molecule has 1 saturated heterocycles. The molecule has 0 radical (unpaired) electrons. The number of carbonyl (C=O) groups excluding carboxylic acids is 3. The molecule has 1 N–H and O–H groups in total. The topological polar surface area (TPSA) is 71.4 Å². The Kier molecular flexibility index (Phi) is 4.60. The smallest absolute Gasteiger partial charge is 0.321 e. The first kappa shape index (κ1) is 18.4. The van der Waals surface area contributed by atoms with Crippen molar-refractivity contribution in [1.82, 2.24) is 9.88 Å². The molecule has 144 valence electrons. The highest BCUT2D eigenvalue weighted by Crippen LogP contribution is 2.24. The quantitative estimate of drug-likeness (QED) is 0.551. The third-order valence-corrected chi connectivity index (χ3v) is 4.74. The number of para-hydroxylation sites is 1. The minimum atomic E-state index is -0.749. The third-order valence-electron chi connectivity index (χ3n) is 4.74. The fourth-order valence-corrected chi connectivity index (χ4v) is 3.37. The average molecular weight is 385 g/mol. The summed E-state index contributed by atoms with van der Waals surface area (Å²) in [7, 11) is 0. The van der Waals surface area contributed by atoms with Crippen LogP contribution in [-0.4, -0.2) is 22.4 Å². The number of benzene rings is 2. The summed E-state index contributed by atoms with van der Waals surface area (Å²) in [6, 6.07) is 17.9. The van der Waals surface area contributed by atoms with E-state index in [4.69, 9.17) is 0 Å². The van der Waals surface area contributed by atoms with Gasteiger partial charge in [-0.05, 0) is 61.4 Å². The fraction of sp³-hybridized carbons (Fsp3) is 0.0870. The minimum absolute atomic E-state index is 0.0867. The highest BCUT2D eigenvalue weighted by molar-refractivity contribution is 6.39. The molecule has 1 aliphatic rings. The van der Waals surface area contributed by atoms with E-state index in [-0.39, 0.29) is 5.57 Å². The van der Waals surface area contributed by atoms with Crippen LogP contribution in [0, 0.1) is 13.8 Å². The van der Waals surface area contributed by atoms with Crippen molar-refractivity contribution in [2.75, 3.05) is 4.90 Å². The van der Waals surface area contributed by atoms with Crippen LogP contribution < -0.4 is 10.2 Å². The number of aromatic nitrogens is 1. The second-order valence-electron chi connectivity index (χ2n) is 6.92. The molecule has 2 aromatic carbocycles. The van der Waals surface area contributed by atoms with Gasteiger partial charge in [-0.3, -0.25) is 14.9 Å². The van der Waals surface area contributed by atoms with Gasteiger partial charge in [0.2, 0.25) is 0 Å². The molecule has 0 atom stereocenters. The maximum Gasteiger partial charge on any atom is 0.335 e. The van der Waals surface area contributed by atoms with Crippen LogP contribution in [0.1, 0.15) is 16.8 Å². The summed E-state index contributed by atoms with van der Waals surface area (Å²) in [5.74, 6) is -1.34. The Morgan fingerprint density at radius 1 is 0.862 bits per heavy atom. The van der Waals surface area contributed by atoms with E-state index in [1.54, 1.807) is 18.2 Å². The van der Waals surface area contributed by atoms with Gasteiger partial charge in [-0.25, -0.2) is 9.69 Å². The lowest BCUT2D eigenvalue weighted by Gasteiger charge is -2.26. The maximum absolute atomic E-state index is 13.0. The number of imide groups is 2. The van der Waals surface area contributed by atoms with Crippen molar-refractivity contribution in [1.29, 1.82) is 0 Å². The highest BCUT2D eigenvalue weighted by Gasteiger charge is 2.36. The number of nitrogens with zero attached hydrogens (tertiary/aromatic N) is 2. The van der Waals surface area contributed by atoms with E-state index in [9.17, 15) is 14.4 Å². The predicted octanol–water partition coefficient (Wildman–Crippen LogP) is 3.76. The molecule has 4 rings (SSSR count). The Morgan fingerprint density at radius 2 is 1.59 bits per heavy atom. The molecule has 3 aromatic rings. The van der Waals surface area contributed by atoms with E-state index in [0.29, 0.717) is 11.3 Å². The monoisotopic (exact) mass is 385 g/mol. The van der Waals surface area contributed by atoms with Crippen molar-refractivity contribution in [2.45, 2.75) is 13.8 Å². The second-order valence-corrected chi connectivity index (χ2v) is 6.92. The van der Waals surface area contributed by atoms with Crippen LogP contribution in [-0.2, 0) is 9.59 Å². The molecular formula is C23H19N3O3. The molecule has 0 aliphatic carbocycles. The van der Waals surface area contributed by atoms with Crippen LogP contribution >= 0.6 is 0 Å². The Morgan fingerprint density at radius 3 is 2.31 bits per heavy atom. The van der Waals surface area contributed by atoms with Crippen molar-refractivity contribution in [2.24, 2.45) is 0 Å². The van der Waals surface area contributed by atoms with Gasteiger partial charge in [0.1, 0.15) is 5.57 Å². The Labute approximate surface area is 168 Å². The van der Waals surface area contributed by atoms with E-state index < -0.39 is 17.8 Å². The summed E-state index contributed by atoms with van der Waals surface area (Å²) in [6.07, 6.45) is 3.37. The lowest BCUT2D eigenvalue weighted by Crippen LogP contribution is -2.54. The normalized spacial score (nSPS) is 15.7. The largest absolute Gasteiger partial charge is 0.335 e. The van der Waals surface area contributed by atoms with Crippen LogP contribution in [0.15, 0.2) is 72.4 Å². The van der Waals surface area contributed by atoms with Crippen LogP contribution in [0.2, 0.25) is 0 Å². The van der Waals surface area contributed by atoms with Gasteiger partial charge in [-0.1, -0.05) is 30.3 Å². The predicted molar refractivity (Wildman–Crippen MR) is 111 cm³/mol. The van der Waals surface area contributed by atoms with E-state index >= 15 is 0 Å². The van der Waals surface area contributed by atoms with Gasteiger partial charge in [-0.2, -0.15) is 0 Å². The Balaban J connectivity index is 1.72. The standard InChI is InChI=1S/C23H19N3O3/c1-15-7-6-10-19(11-15)26-22(28)20(21(27)24-23(26)29)13-17-12-16(2)25(14-17)18-8-4-3-5-9-18/h3-14H,1-2H3,(H,24,27,29)/b20-13-. The van der Waals surface area contributed by atoms with Crippen LogP contribution in [0.4, 0.5) is 10.5 Å². The van der Waals surface area contributed by atoms with Crippen LogP contribution in [0.3, 0.4) is 0 Å². The SMILES string of the molecule is Cc1cccc(N2C(=O)NC(=O)/C(=C/c3cc(C)n(-c4ccccc4)c3)C2=O)c1. The van der Waals surface area contributed by atoms with Gasteiger partial charge < -0.3 is 4.57 Å². The number of aryl methyl sites for hydroxylation is 2. The highest BCUT2D eigenvalue weighted by atomic mass is 16.2. The number of urea groups is 1. The second kappa shape index (κ2) is 7.24. The fourth-order valence-electron chi connectivity index (χ4n) is 3.37. The third kappa shape index (κ3) is 3.48. The summed E-state index contributed by atoms with van der Waals surface area (Å²) in [5.41, 5.74) is 3.87.